The number of halogens is 2. The van der Waals surface area contributed by atoms with Crippen molar-refractivity contribution in [3.05, 3.63) is 22.2 Å². The van der Waals surface area contributed by atoms with Gasteiger partial charge in [-0.15, -0.1) is 12.3 Å². The molecule has 0 heterocycles. The molecule has 7 heteroatoms. The zero-order valence-corrected chi connectivity index (χ0v) is 11.0. The number of terminal acetylenes is 1. The van der Waals surface area contributed by atoms with Crippen LogP contribution in [0.25, 0.3) is 0 Å². The monoisotopic (exact) mass is 292 g/mol. The molecule has 0 radical (unpaired) electrons. The Labute approximate surface area is 110 Å². The SMILES string of the molecule is C#CCCNS(=O)(=O)c1ccc(Cl)c(N)c1Cl. The minimum absolute atomic E-state index is 0.0353. The first-order valence-corrected chi connectivity index (χ1v) is 6.80. The van der Waals surface area contributed by atoms with Crippen LogP contribution in [-0.4, -0.2) is 15.0 Å². The van der Waals surface area contributed by atoms with Crippen LogP contribution < -0.4 is 10.5 Å². The summed E-state index contributed by atoms with van der Waals surface area (Å²) < 4.78 is 26.0. The fourth-order valence-corrected chi connectivity index (χ4v) is 2.89. The van der Waals surface area contributed by atoms with Gasteiger partial charge in [-0.2, -0.15) is 0 Å². The summed E-state index contributed by atoms with van der Waals surface area (Å²) in [6, 6.07) is 2.66. The molecule has 0 fully saturated rings. The third-order valence-electron chi connectivity index (χ3n) is 1.94. The first kappa shape index (κ1) is 14.1. The molecule has 17 heavy (non-hydrogen) atoms. The highest BCUT2D eigenvalue weighted by molar-refractivity contribution is 7.89. The van der Waals surface area contributed by atoms with Crippen LogP contribution in [0, 0.1) is 12.3 Å². The van der Waals surface area contributed by atoms with Gasteiger partial charge in [0.05, 0.1) is 15.7 Å². The van der Waals surface area contributed by atoms with E-state index in [-0.39, 0.29) is 27.2 Å². The van der Waals surface area contributed by atoms with Gasteiger partial charge in [-0.05, 0) is 12.1 Å². The van der Waals surface area contributed by atoms with E-state index < -0.39 is 10.0 Å². The van der Waals surface area contributed by atoms with E-state index in [9.17, 15) is 8.42 Å². The van der Waals surface area contributed by atoms with Crippen LogP contribution in [0.1, 0.15) is 6.42 Å². The van der Waals surface area contributed by atoms with Gasteiger partial charge in [-0.25, -0.2) is 13.1 Å². The van der Waals surface area contributed by atoms with Gasteiger partial charge in [0.1, 0.15) is 4.90 Å². The summed E-state index contributed by atoms with van der Waals surface area (Å²) in [5, 5.41) is 0.114. The van der Waals surface area contributed by atoms with Gasteiger partial charge in [0, 0.05) is 13.0 Å². The molecule has 0 unspecified atom stereocenters. The zero-order valence-electron chi connectivity index (χ0n) is 8.70. The lowest BCUT2D eigenvalue weighted by molar-refractivity contribution is 0.582. The number of nitrogen functional groups attached to an aromatic ring is 1. The molecule has 0 bridgehead atoms. The first-order valence-electron chi connectivity index (χ1n) is 4.56. The zero-order chi connectivity index (χ0) is 13.1. The van der Waals surface area contributed by atoms with Crippen molar-refractivity contribution in [3.63, 3.8) is 0 Å². The second-order valence-electron chi connectivity index (χ2n) is 3.13. The average molecular weight is 293 g/mol. The molecule has 0 saturated carbocycles. The average Bonchev–Trinajstić information content (AvgIpc) is 2.26. The molecule has 0 aliphatic carbocycles. The van der Waals surface area contributed by atoms with Crippen LogP contribution in [0.5, 0.6) is 0 Å². The standard InChI is InChI=1S/C10H10Cl2N2O2S/c1-2-3-6-14-17(15,16)8-5-4-7(11)10(13)9(8)12/h1,4-5,14H,3,6,13H2. The molecule has 4 nitrogen and oxygen atoms in total. The highest BCUT2D eigenvalue weighted by Gasteiger charge is 2.19. The third-order valence-corrected chi connectivity index (χ3v) is 4.29. The van der Waals surface area contributed by atoms with Crippen LogP contribution >= 0.6 is 23.2 Å². The van der Waals surface area contributed by atoms with Gasteiger partial charge >= 0.3 is 0 Å². The Bertz CT molecular complexity index is 564. The molecular weight excluding hydrogens is 283 g/mol. The summed E-state index contributed by atoms with van der Waals surface area (Å²) in [5.41, 5.74) is 5.58. The van der Waals surface area contributed by atoms with E-state index >= 15 is 0 Å². The molecule has 0 spiro atoms. The Hall–Kier alpha value is -0.930. The Morgan fingerprint density at radius 2 is 2.06 bits per heavy atom. The van der Waals surface area contributed by atoms with E-state index in [0.29, 0.717) is 6.42 Å². The maximum Gasteiger partial charge on any atom is 0.242 e. The van der Waals surface area contributed by atoms with Crippen molar-refractivity contribution in [2.24, 2.45) is 0 Å². The summed E-state index contributed by atoms with van der Waals surface area (Å²) in [7, 11) is -3.72. The van der Waals surface area contributed by atoms with Crippen molar-refractivity contribution >= 4 is 38.9 Å². The predicted molar refractivity (Wildman–Crippen MR) is 69.5 cm³/mol. The number of nitrogens with one attached hydrogen (secondary N) is 1. The first-order chi connectivity index (χ1) is 7.90. The fourth-order valence-electron chi connectivity index (χ4n) is 1.09. The van der Waals surface area contributed by atoms with Crippen molar-refractivity contribution in [2.45, 2.75) is 11.3 Å². The molecular formula is C10H10Cl2N2O2S. The number of anilines is 1. The molecule has 0 saturated heterocycles. The second-order valence-corrected chi connectivity index (χ2v) is 5.65. The predicted octanol–water partition coefficient (Wildman–Crippen LogP) is 1.88. The summed E-state index contributed by atoms with van der Waals surface area (Å²) in [5.74, 6) is 2.32. The van der Waals surface area contributed by atoms with E-state index in [2.05, 4.69) is 10.6 Å². The fraction of sp³-hybridized carbons (Fsp3) is 0.200. The summed E-state index contributed by atoms with van der Waals surface area (Å²) >= 11 is 11.5. The van der Waals surface area contributed by atoms with Crippen molar-refractivity contribution in [3.8, 4) is 12.3 Å². The molecule has 0 aromatic heterocycles. The molecule has 0 aliphatic rings. The summed E-state index contributed by atoms with van der Waals surface area (Å²) in [6.45, 7) is 0.137. The minimum atomic E-state index is -3.72. The summed E-state index contributed by atoms with van der Waals surface area (Å²) in [6.07, 6.45) is 5.31. The van der Waals surface area contributed by atoms with E-state index in [1.807, 2.05) is 0 Å². The van der Waals surface area contributed by atoms with Crippen LogP contribution in [0.15, 0.2) is 17.0 Å². The van der Waals surface area contributed by atoms with Gasteiger partial charge in [-0.1, -0.05) is 23.2 Å². The maximum atomic E-state index is 11.8. The van der Waals surface area contributed by atoms with Crippen LogP contribution in [-0.2, 0) is 10.0 Å². The van der Waals surface area contributed by atoms with E-state index in [1.165, 1.54) is 12.1 Å². The summed E-state index contributed by atoms with van der Waals surface area (Å²) in [4.78, 5) is -0.113. The van der Waals surface area contributed by atoms with Crippen molar-refractivity contribution < 1.29 is 8.42 Å². The molecule has 0 amide bonds. The number of benzene rings is 1. The molecule has 92 valence electrons. The lowest BCUT2D eigenvalue weighted by atomic mass is 10.3. The third kappa shape index (κ3) is 3.27. The molecule has 0 atom stereocenters. The van der Waals surface area contributed by atoms with E-state index in [4.69, 9.17) is 35.4 Å². The number of hydrogen-bond acceptors (Lipinski definition) is 3. The maximum absolute atomic E-state index is 11.8. The van der Waals surface area contributed by atoms with Crippen molar-refractivity contribution in [2.75, 3.05) is 12.3 Å². The Kier molecular flexibility index (Phi) is 4.66. The normalized spacial score (nSPS) is 11.1. The lowest BCUT2D eigenvalue weighted by Crippen LogP contribution is -2.25. The van der Waals surface area contributed by atoms with E-state index in [1.54, 1.807) is 0 Å². The Morgan fingerprint density at radius 1 is 1.41 bits per heavy atom. The van der Waals surface area contributed by atoms with Crippen LogP contribution in [0.2, 0.25) is 10.0 Å². The number of nitrogens with two attached hydrogens (primary N) is 1. The second kappa shape index (κ2) is 5.61. The van der Waals surface area contributed by atoms with Gasteiger partial charge in [-0.3, -0.25) is 0 Å². The largest absolute Gasteiger partial charge is 0.396 e. The molecule has 1 aromatic carbocycles. The molecule has 1 rings (SSSR count). The van der Waals surface area contributed by atoms with Crippen LogP contribution in [0.4, 0.5) is 5.69 Å². The van der Waals surface area contributed by atoms with Crippen molar-refractivity contribution in [1.29, 1.82) is 0 Å². The van der Waals surface area contributed by atoms with E-state index in [0.717, 1.165) is 0 Å². The van der Waals surface area contributed by atoms with Gasteiger partial charge in [0.2, 0.25) is 10.0 Å². The highest BCUT2D eigenvalue weighted by atomic mass is 35.5. The Balaban J connectivity index is 3.09. The highest BCUT2D eigenvalue weighted by Crippen LogP contribution is 2.32. The number of hydrogen-bond donors (Lipinski definition) is 2. The van der Waals surface area contributed by atoms with Crippen molar-refractivity contribution in [1.82, 2.24) is 4.72 Å². The molecule has 0 aliphatic heterocycles. The topological polar surface area (TPSA) is 72.2 Å². The molecule has 3 N–H and O–H groups in total. The van der Waals surface area contributed by atoms with Gasteiger partial charge in [0.25, 0.3) is 0 Å². The van der Waals surface area contributed by atoms with Crippen LogP contribution in [0.3, 0.4) is 0 Å². The smallest absolute Gasteiger partial charge is 0.242 e. The minimum Gasteiger partial charge on any atom is -0.396 e. The number of sulfonamides is 1. The number of rotatable bonds is 4. The quantitative estimate of drug-likeness (QED) is 0.506. The van der Waals surface area contributed by atoms with Gasteiger partial charge in [0.15, 0.2) is 0 Å². The van der Waals surface area contributed by atoms with Gasteiger partial charge < -0.3 is 5.73 Å². The lowest BCUT2D eigenvalue weighted by Gasteiger charge is -2.09. The molecule has 1 aromatic rings. The Morgan fingerprint density at radius 3 is 2.65 bits per heavy atom.